The summed E-state index contributed by atoms with van der Waals surface area (Å²) in [5, 5.41) is 2.89. The molecule has 2 N–H and O–H groups in total. The fraction of sp³-hybridized carbons (Fsp3) is 0.357. The van der Waals surface area contributed by atoms with Crippen molar-refractivity contribution >= 4 is 5.91 Å². The molecule has 0 saturated carbocycles. The number of hydrogen-bond donors (Lipinski definition) is 2. The van der Waals surface area contributed by atoms with E-state index in [1.165, 1.54) is 7.11 Å². The smallest absolute Gasteiger partial charge is 0.255 e. The van der Waals surface area contributed by atoms with Gasteiger partial charge in [-0.25, -0.2) is 4.98 Å². The number of amides is 1. The molecule has 6 heteroatoms. The van der Waals surface area contributed by atoms with E-state index >= 15 is 0 Å². The van der Waals surface area contributed by atoms with Crippen molar-refractivity contribution in [3.8, 4) is 5.75 Å². The molecule has 2 heterocycles. The molecule has 2 aromatic heterocycles. The van der Waals surface area contributed by atoms with E-state index in [9.17, 15) is 4.79 Å². The zero-order valence-electron chi connectivity index (χ0n) is 12.0. The number of imidazole rings is 1. The summed E-state index contributed by atoms with van der Waals surface area (Å²) in [5.74, 6) is 0.963. The van der Waals surface area contributed by atoms with Gasteiger partial charge in [-0.05, 0) is 26.8 Å². The average Bonchev–Trinajstić information content (AvgIpc) is 2.85. The Bertz CT molecular complexity index is 621. The second-order valence-electron chi connectivity index (χ2n) is 4.67. The van der Waals surface area contributed by atoms with Crippen LogP contribution in [0.25, 0.3) is 0 Å². The van der Waals surface area contributed by atoms with Gasteiger partial charge in [-0.2, -0.15) is 0 Å². The van der Waals surface area contributed by atoms with Gasteiger partial charge in [0, 0.05) is 17.6 Å². The molecule has 2 aromatic rings. The van der Waals surface area contributed by atoms with E-state index in [1.807, 2.05) is 20.8 Å². The molecule has 6 nitrogen and oxygen atoms in total. The number of aryl methyl sites for hydroxylation is 2. The third kappa shape index (κ3) is 2.96. The lowest BCUT2D eigenvalue weighted by atomic mass is 10.2. The second-order valence-corrected chi connectivity index (χ2v) is 4.67. The van der Waals surface area contributed by atoms with Crippen molar-refractivity contribution in [1.82, 2.24) is 20.3 Å². The first-order chi connectivity index (χ1) is 9.51. The van der Waals surface area contributed by atoms with Crippen molar-refractivity contribution in [2.45, 2.75) is 26.8 Å². The summed E-state index contributed by atoms with van der Waals surface area (Å²) >= 11 is 0. The number of carbonyl (C=O) groups excluding carboxylic acids is 1. The molecule has 1 atom stereocenters. The Labute approximate surface area is 117 Å². The number of aromatic amines is 1. The molecule has 20 heavy (non-hydrogen) atoms. The summed E-state index contributed by atoms with van der Waals surface area (Å²) in [6, 6.07) is 1.49. The number of aromatic nitrogens is 3. The van der Waals surface area contributed by atoms with E-state index in [4.69, 9.17) is 4.74 Å². The number of methoxy groups -OCH3 is 1. The highest BCUT2D eigenvalue weighted by molar-refractivity contribution is 5.97. The van der Waals surface area contributed by atoms with Crippen LogP contribution in [-0.4, -0.2) is 28.0 Å². The monoisotopic (exact) mass is 274 g/mol. The van der Waals surface area contributed by atoms with Crippen molar-refractivity contribution in [2.75, 3.05) is 7.11 Å². The SMILES string of the molecule is COc1cnc(C)cc1C(=O)NC(C)c1ncc(C)[nH]1. The average molecular weight is 274 g/mol. The van der Waals surface area contributed by atoms with Gasteiger partial charge < -0.3 is 15.0 Å². The molecule has 0 aliphatic heterocycles. The van der Waals surface area contributed by atoms with Crippen molar-refractivity contribution in [2.24, 2.45) is 0 Å². The zero-order valence-corrected chi connectivity index (χ0v) is 12.0. The summed E-state index contributed by atoms with van der Waals surface area (Å²) in [7, 11) is 1.52. The van der Waals surface area contributed by atoms with Gasteiger partial charge in [0.15, 0.2) is 0 Å². The maximum absolute atomic E-state index is 12.3. The van der Waals surface area contributed by atoms with Crippen LogP contribution in [0.4, 0.5) is 0 Å². The quantitative estimate of drug-likeness (QED) is 0.892. The minimum absolute atomic E-state index is 0.214. The van der Waals surface area contributed by atoms with Crippen LogP contribution in [0.15, 0.2) is 18.5 Å². The van der Waals surface area contributed by atoms with Gasteiger partial charge in [0.1, 0.15) is 11.6 Å². The molecule has 1 amide bonds. The van der Waals surface area contributed by atoms with E-state index in [0.717, 1.165) is 17.2 Å². The van der Waals surface area contributed by atoms with E-state index in [0.29, 0.717) is 11.3 Å². The minimum Gasteiger partial charge on any atom is -0.494 e. The molecule has 0 bridgehead atoms. The topological polar surface area (TPSA) is 79.9 Å². The first kappa shape index (κ1) is 14.0. The van der Waals surface area contributed by atoms with Crippen molar-refractivity contribution in [3.63, 3.8) is 0 Å². The Balaban J connectivity index is 2.18. The van der Waals surface area contributed by atoms with Gasteiger partial charge in [0.05, 0.1) is 24.9 Å². The van der Waals surface area contributed by atoms with Gasteiger partial charge in [0.25, 0.3) is 5.91 Å². The summed E-state index contributed by atoms with van der Waals surface area (Å²) < 4.78 is 5.17. The van der Waals surface area contributed by atoms with E-state index in [2.05, 4.69) is 20.3 Å². The van der Waals surface area contributed by atoms with Gasteiger partial charge in [-0.1, -0.05) is 0 Å². The maximum atomic E-state index is 12.3. The van der Waals surface area contributed by atoms with Crippen LogP contribution in [0.1, 0.15) is 40.5 Å². The summed E-state index contributed by atoms with van der Waals surface area (Å²) in [6.45, 7) is 5.62. The predicted octanol–water partition coefficient (Wildman–Crippen LogP) is 1.92. The Hall–Kier alpha value is -2.37. The lowest BCUT2D eigenvalue weighted by molar-refractivity contribution is 0.0935. The fourth-order valence-electron chi connectivity index (χ4n) is 1.88. The third-order valence-corrected chi connectivity index (χ3v) is 2.95. The molecule has 1 unspecified atom stereocenters. The van der Waals surface area contributed by atoms with Crippen molar-refractivity contribution < 1.29 is 9.53 Å². The molecule has 0 saturated heterocycles. The standard InChI is InChI=1S/C14H18N4O2/c1-8-5-11(12(20-4)7-15-8)14(19)18-10(3)13-16-6-9(2)17-13/h5-7,10H,1-4H3,(H,16,17)(H,18,19). The third-order valence-electron chi connectivity index (χ3n) is 2.95. The molecule has 0 aromatic carbocycles. The number of H-pyrrole nitrogens is 1. The Morgan fingerprint density at radius 3 is 2.70 bits per heavy atom. The first-order valence-electron chi connectivity index (χ1n) is 6.34. The van der Waals surface area contributed by atoms with Crippen LogP contribution >= 0.6 is 0 Å². The molecular weight excluding hydrogens is 256 g/mol. The van der Waals surface area contributed by atoms with E-state index in [1.54, 1.807) is 18.5 Å². The second kappa shape index (κ2) is 5.73. The van der Waals surface area contributed by atoms with Crippen LogP contribution in [0.5, 0.6) is 5.75 Å². The largest absolute Gasteiger partial charge is 0.494 e. The Morgan fingerprint density at radius 2 is 2.10 bits per heavy atom. The normalized spacial score (nSPS) is 12.0. The molecule has 0 fully saturated rings. The molecular formula is C14H18N4O2. The minimum atomic E-state index is -0.214. The Morgan fingerprint density at radius 1 is 1.35 bits per heavy atom. The number of rotatable bonds is 4. The maximum Gasteiger partial charge on any atom is 0.255 e. The molecule has 2 rings (SSSR count). The predicted molar refractivity (Wildman–Crippen MR) is 74.7 cm³/mol. The van der Waals surface area contributed by atoms with Crippen LogP contribution in [0.3, 0.4) is 0 Å². The number of nitrogens with one attached hydrogen (secondary N) is 2. The highest BCUT2D eigenvalue weighted by Crippen LogP contribution is 2.18. The van der Waals surface area contributed by atoms with Gasteiger partial charge in [0.2, 0.25) is 0 Å². The zero-order chi connectivity index (χ0) is 14.7. The number of ether oxygens (including phenoxy) is 1. The van der Waals surface area contributed by atoms with Crippen molar-refractivity contribution in [1.29, 1.82) is 0 Å². The summed E-state index contributed by atoms with van der Waals surface area (Å²) in [5.41, 5.74) is 2.19. The number of nitrogens with zero attached hydrogens (tertiary/aromatic N) is 2. The summed E-state index contributed by atoms with van der Waals surface area (Å²) in [4.78, 5) is 23.7. The number of pyridine rings is 1. The highest BCUT2D eigenvalue weighted by Gasteiger charge is 2.17. The van der Waals surface area contributed by atoms with Crippen LogP contribution in [-0.2, 0) is 0 Å². The van der Waals surface area contributed by atoms with E-state index < -0.39 is 0 Å². The van der Waals surface area contributed by atoms with Crippen LogP contribution in [0.2, 0.25) is 0 Å². The van der Waals surface area contributed by atoms with E-state index in [-0.39, 0.29) is 11.9 Å². The number of carbonyl (C=O) groups is 1. The lowest BCUT2D eigenvalue weighted by Gasteiger charge is -2.13. The summed E-state index contributed by atoms with van der Waals surface area (Å²) in [6.07, 6.45) is 3.28. The first-order valence-corrected chi connectivity index (χ1v) is 6.34. The van der Waals surface area contributed by atoms with Crippen LogP contribution < -0.4 is 10.1 Å². The van der Waals surface area contributed by atoms with Crippen LogP contribution in [0, 0.1) is 13.8 Å². The van der Waals surface area contributed by atoms with Gasteiger partial charge in [-0.3, -0.25) is 9.78 Å². The molecule has 0 aliphatic rings. The molecule has 0 radical (unpaired) electrons. The van der Waals surface area contributed by atoms with Crippen molar-refractivity contribution in [3.05, 3.63) is 41.2 Å². The lowest BCUT2D eigenvalue weighted by Crippen LogP contribution is -2.28. The Kier molecular flexibility index (Phi) is 4.02. The number of hydrogen-bond acceptors (Lipinski definition) is 4. The fourth-order valence-corrected chi connectivity index (χ4v) is 1.88. The van der Waals surface area contributed by atoms with Gasteiger partial charge in [-0.15, -0.1) is 0 Å². The van der Waals surface area contributed by atoms with Gasteiger partial charge >= 0.3 is 0 Å². The molecule has 0 aliphatic carbocycles. The molecule has 106 valence electrons. The molecule has 0 spiro atoms. The highest BCUT2D eigenvalue weighted by atomic mass is 16.5.